The van der Waals surface area contributed by atoms with Gasteiger partial charge in [0.15, 0.2) is 0 Å². The normalized spacial score (nSPS) is 12.7. The van der Waals surface area contributed by atoms with Crippen LogP contribution in [-0.4, -0.2) is 4.98 Å². The van der Waals surface area contributed by atoms with Crippen LogP contribution in [0.25, 0.3) is 24.8 Å². The van der Waals surface area contributed by atoms with E-state index in [9.17, 15) is 0 Å². The topological polar surface area (TPSA) is 15.8 Å². The van der Waals surface area contributed by atoms with Gasteiger partial charge in [-0.2, -0.15) is 0 Å². The van der Waals surface area contributed by atoms with Gasteiger partial charge in [0.25, 0.3) is 0 Å². The zero-order valence-electron chi connectivity index (χ0n) is 9.66. The molecule has 0 radical (unpaired) electrons. The Morgan fingerprint density at radius 2 is 1.94 bits per heavy atom. The highest BCUT2D eigenvalue weighted by Crippen LogP contribution is 2.03. The average Bonchev–Trinajstić information content (AvgIpc) is 2.59. The van der Waals surface area contributed by atoms with Crippen LogP contribution in [0, 0.1) is 0 Å². The van der Waals surface area contributed by atoms with Gasteiger partial charge >= 0.3 is 0 Å². The van der Waals surface area contributed by atoms with Gasteiger partial charge in [0.2, 0.25) is 0 Å². The van der Waals surface area contributed by atoms with Crippen molar-refractivity contribution in [2.24, 2.45) is 0 Å². The molecule has 1 aromatic rings. The largest absolute Gasteiger partial charge is 0.355 e. The highest BCUT2D eigenvalue weighted by molar-refractivity contribution is 5.65. The van der Waals surface area contributed by atoms with Crippen molar-refractivity contribution in [2.45, 2.75) is 6.92 Å². The monoisotopic (exact) mass is 211 g/mol. The molecule has 0 aliphatic carbocycles. The number of hydrogen-bond donors (Lipinski definition) is 1. The fourth-order valence-electron chi connectivity index (χ4n) is 1.50. The summed E-state index contributed by atoms with van der Waals surface area (Å²) in [5.74, 6) is 0. The van der Waals surface area contributed by atoms with Gasteiger partial charge in [-0.05, 0) is 13.0 Å². The average molecular weight is 211 g/mol. The van der Waals surface area contributed by atoms with Crippen molar-refractivity contribution in [1.82, 2.24) is 4.98 Å². The van der Waals surface area contributed by atoms with Crippen LogP contribution in [0.5, 0.6) is 0 Å². The van der Waals surface area contributed by atoms with Crippen LogP contribution >= 0.6 is 0 Å². The van der Waals surface area contributed by atoms with E-state index >= 15 is 0 Å². The first-order valence-electron chi connectivity index (χ1n) is 5.20. The van der Waals surface area contributed by atoms with Crippen molar-refractivity contribution in [3.63, 3.8) is 0 Å². The molecule has 1 heterocycles. The molecule has 0 aliphatic heterocycles. The molecule has 0 fully saturated rings. The van der Waals surface area contributed by atoms with Gasteiger partial charge in [-0.15, -0.1) is 0 Å². The molecule has 82 valence electrons. The summed E-state index contributed by atoms with van der Waals surface area (Å²) in [6.07, 6.45) is 13.4. The molecule has 1 nitrogen and oxygen atoms in total. The van der Waals surface area contributed by atoms with Crippen LogP contribution in [0.1, 0.15) is 18.2 Å². The lowest BCUT2D eigenvalue weighted by Crippen LogP contribution is -2.21. The summed E-state index contributed by atoms with van der Waals surface area (Å²) < 4.78 is 0. The van der Waals surface area contributed by atoms with Crippen LogP contribution < -0.4 is 10.6 Å². The molecule has 0 aromatic carbocycles. The fraction of sp³-hybridized carbons (Fsp3) is 0.0667. The van der Waals surface area contributed by atoms with Crippen molar-refractivity contribution < 1.29 is 0 Å². The van der Waals surface area contributed by atoms with Crippen LogP contribution in [0.3, 0.4) is 0 Å². The quantitative estimate of drug-likeness (QED) is 0.737. The Morgan fingerprint density at radius 3 is 2.50 bits per heavy atom. The molecule has 0 saturated heterocycles. The lowest BCUT2D eigenvalue weighted by Gasteiger charge is -1.90. The van der Waals surface area contributed by atoms with Crippen molar-refractivity contribution >= 4 is 24.8 Å². The molecule has 1 rings (SSSR count). The Morgan fingerprint density at radius 1 is 1.19 bits per heavy atom. The second-order valence-electron chi connectivity index (χ2n) is 3.34. The lowest BCUT2D eigenvalue weighted by atomic mass is 10.1. The van der Waals surface area contributed by atoms with Gasteiger partial charge in [-0.1, -0.05) is 56.2 Å². The first-order valence-corrected chi connectivity index (χ1v) is 5.20. The summed E-state index contributed by atoms with van der Waals surface area (Å²) in [6.45, 7) is 13.4. The molecule has 0 spiro atoms. The standard InChI is InChI=1S/C15H17N/c1-5-8-10-14-12(4)16-15(11-9-6-2)13(14)7-3/h5-11,16H,2-4H2,1H3/b8-5-,11-9-,14-10+. The predicted octanol–water partition coefficient (Wildman–Crippen LogP) is 2.62. The van der Waals surface area contributed by atoms with Gasteiger partial charge in [-0.3, -0.25) is 0 Å². The van der Waals surface area contributed by atoms with Crippen LogP contribution in [-0.2, 0) is 0 Å². The van der Waals surface area contributed by atoms with E-state index in [1.165, 1.54) is 0 Å². The van der Waals surface area contributed by atoms with Crippen molar-refractivity contribution in [3.05, 3.63) is 59.3 Å². The van der Waals surface area contributed by atoms with E-state index < -0.39 is 0 Å². The van der Waals surface area contributed by atoms with E-state index in [-0.39, 0.29) is 0 Å². The van der Waals surface area contributed by atoms with Gasteiger partial charge < -0.3 is 4.98 Å². The van der Waals surface area contributed by atoms with Crippen molar-refractivity contribution in [1.29, 1.82) is 0 Å². The summed E-state index contributed by atoms with van der Waals surface area (Å²) in [6, 6.07) is 0. The van der Waals surface area contributed by atoms with Gasteiger partial charge in [0.1, 0.15) is 0 Å². The molecule has 0 saturated carbocycles. The van der Waals surface area contributed by atoms with Crippen LogP contribution in [0.2, 0.25) is 0 Å². The Kier molecular flexibility index (Phi) is 4.34. The predicted molar refractivity (Wildman–Crippen MR) is 74.2 cm³/mol. The number of hydrogen-bond acceptors (Lipinski definition) is 0. The Balaban J connectivity index is 3.46. The van der Waals surface area contributed by atoms with E-state index in [0.29, 0.717) is 0 Å². The third-order valence-electron chi connectivity index (χ3n) is 2.25. The molecular weight excluding hydrogens is 194 g/mol. The van der Waals surface area contributed by atoms with Crippen molar-refractivity contribution in [3.8, 4) is 0 Å². The number of rotatable bonds is 4. The van der Waals surface area contributed by atoms with Gasteiger partial charge in [-0.25, -0.2) is 0 Å². The SMILES string of the molecule is C=C/C=C\c1[nH]c(=C)/c(=C\C=C/C)c1C=C. The number of nitrogens with one attached hydrogen (secondary N) is 1. The number of aromatic amines is 1. The summed E-state index contributed by atoms with van der Waals surface area (Å²) in [5.41, 5.74) is 2.08. The second kappa shape index (κ2) is 5.76. The second-order valence-corrected chi connectivity index (χ2v) is 3.34. The third-order valence-corrected chi connectivity index (χ3v) is 2.25. The Hall–Kier alpha value is -2.02. The highest BCUT2D eigenvalue weighted by atomic mass is 14.7. The molecule has 0 amide bonds. The smallest absolute Gasteiger partial charge is 0.0464 e. The van der Waals surface area contributed by atoms with Crippen molar-refractivity contribution in [2.75, 3.05) is 0 Å². The van der Waals surface area contributed by atoms with E-state index in [4.69, 9.17) is 0 Å². The van der Waals surface area contributed by atoms with E-state index in [1.54, 1.807) is 6.08 Å². The first-order chi connectivity index (χ1) is 7.74. The maximum Gasteiger partial charge on any atom is 0.0464 e. The minimum absolute atomic E-state index is 0.900. The molecule has 0 bridgehead atoms. The number of allylic oxidation sites excluding steroid dienone is 4. The van der Waals surface area contributed by atoms with E-state index in [0.717, 1.165) is 21.8 Å². The first kappa shape index (κ1) is 12.1. The lowest BCUT2D eigenvalue weighted by molar-refractivity contribution is 1.30. The zero-order chi connectivity index (χ0) is 12.0. The third kappa shape index (κ3) is 2.51. The van der Waals surface area contributed by atoms with Gasteiger partial charge in [0.05, 0.1) is 0 Å². The number of H-pyrrole nitrogens is 1. The van der Waals surface area contributed by atoms with E-state index in [1.807, 2.05) is 43.4 Å². The highest BCUT2D eigenvalue weighted by Gasteiger charge is 2.00. The maximum absolute atomic E-state index is 3.98. The summed E-state index contributed by atoms with van der Waals surface area (Å²) in [5, 5.41) is 1.98. The summed E-state index contributed by atoms with van der Waals surface area (Å²) in [7, 11) is 0. The molecular formula is C15H17N. The van der Waals surface area contributed by atoms with E-state index in [2.05, 4.69) is 24.7 Å². The van der Waals surface area contributed by atoms with Gasteiger partial charge in [0, 0.05) is 21.8 Å². The fourth-order valence-corrected chi connectivity index (χ4v) is 1.50. The zero-order valence-corrected chi connectivity index (χ0v) is 9.66. The Labute approximate surface area is 96.5 Å². The minimum atomic E-state index is 0.900. The molecule has 16 heavy (non-hydrogen) atoms. The molecule has 1 heteroatoms. The van der Waals surface area contributed by atoms with Crippen LogP contribution in [0.15, 0.2) is 37.5 Å². The minimum Gasteiger partial charge on any atom is -0.355 e. The summed E-state index contributed by atoms with van der Waals surface area (Å²) in [4.78, 5) is 3.23. The summed E-state index contributed by atoms with van der Waals surface area (Å²) >= 11 is 0. The molecule has 0 aliphatic rings. The molecule has 1 aromatic heterocycles. The number of aromatic nitrogens is 1. The molecule has 0 atom stereocenters. The Bertz CT molecular complexity index is 539. The van der Waals surface area contributed by atoms with Crippen LogP contribution in [0.4, 0.5) is 0 Å². The molecule has 0 unspecified atom stereocenters. The maximum atomic E-state index is 3.98. The molecule has 1 N–H and O–H groups in total.